The number of hydrogen-bond donors (Lipinski definition) is 3. The van der Waals surface area contributed by atoms with Crippen molar-refractivity contribution >= 4 is 38.7 Å². The highest BCUT2D eigenvalue weighted by Crippen LogP contribution is 2.38. The van der Waals surface area contributed by atoms with Gasteiger partial charge in [0.05, 0.1) is 19.0 Å². The van der Waals surface area contributed by atoms with Crippen molar-refractivity contribution in [1.82, 2.24) is 19.5 Å². The standard InChI is InChI=1S/C17H18FN5O3S2/c18-10-3-1-9(2-4-10)7-27-28-16-14-15(21-17(19)22-16)23(8-20-14)13-5-11(25)12(6-24)26-13/h1-4,8,11-13,24-25H,5-7H2,(H2,19,21,22)/t11-,12?,13?/m0/s1. The number of nitrogens with zero attached hydrogens (tertiary/aromatic N) is 4. The minimum Gasteiger partial charge on any atom is -0.394 e. The molecular weight excluding hydrogens is 405 g/mol. The molecule has 1 aliphatic heterocycles. The third kappa shape index (κ3) is 3.94. The Morgan fingerprint density at radius 2 is 2.07 bits per heavy atom. The number of benzene rings is 1. The van der Waals surface area contributed by atoms with Gasteiger partial charge < -0.3 is 20.7 Å². The number of fused-ring (bicyclic) bond motifs is 1. The quantitative estimate of drug-likeness (QED) is 0.404. The zero-order valence-corrected chi connectivity index (χ0v) is 16.2. The van der Waals surface area contributed by atoms with E-state index in [0.717, 1.165) is 5.56 Å². The number of aliphatic hydroxyl groups is 2. The lowest BCUT2D eigenvalue weighted by Crippen LogP contribution is -2.24. The van der Waals surface area contributed by atoms with Crippen LogP contribution in [0.5, 0.6) is 0 Å². The Labute approximate surface area is 167 Å². The Morgan fingerprint density at radius 3 is 2.79 bits per heavy atom. The monoisotopic (exact) mass is 423 g/mol. The molecule has 0 radical (unpaired) electrons. The summed E-state index contributed by atoms with van der Waals surface area (Å²) in [7, 11) is 2.94. The topological polar surface area (TPSA) is 119 Å². The zero-order chi connectivity index (χ0) is 19.7. The fourth-order valence-corrected chi connectivity index (χ4v) is 5.08. The summed E-state index contributed by atoms with van der Waals surface area (Å²) in [6, 6.07) is 6.33. The normalized spacial score (nSPS) is 22.2. The van der Waals surface area contributed by atoms with Crippen molar-refractivity contribution in [2.75, 3.05) is 12.3 Å². The van der Waals surface area contributed by atoms with Crippen LogP contribution in [0.25, 0.3) is 11.2 Å². The average Bonchev–Trinajstić information content (AvgIpc) is 3.26. The van der Waals surface area contributed by atoms with Gasteiger partial charge in [0, 0.05) is 12.2 Å². The van der Waals surface area contributed by atoms with Crippen LogP contribution >= 0.6 is 21.6 Å². The van der Waals surface area contributed by atoms with Gasteiger partial charge in [0.1, 0.15) is 28.7 Å². The molecule has 1 aliphatic rings. The summed E-state index contributed by atoms with van der Waals surface area (Å²) < 4.78 is 20.4. The Bertz CT molecular complexity index is 971. The molecule has 0 amide bonds. The van der Waals surface area contributed by atoms with Crippen LogP contribution in [0.2, 0.25) is 0 Å². The molecule has 28 heavy (non-hydrogen) atoms. The van der Waals surface area contributed by atoms with Crippen LogP contribution in [0.4, 0.5) is 10.3 Å². The second-order valence-electron chi connectivity index (χ2n) is 6.30. The predicted molar refractivity (Wildman–Crippen MR) is 105 cm³/mol. The maximum absolute atomic E-state index is 13.0. The van der Waals surface area contributed by atoms with Gasteiger partial charge in [-0.2, -0.15) is 4.98 Å². The molecule has 0 bridgehead atoms. The number of aliphatic hydroxyl groups excluding tert-OH is 2. The van der Waals surface area contributed by atoms with Crippen molar-refractivity contribution in [3.8, 4) is 0 Å². The Balaban J connectivity index is 1.53. The summed E-state index contributed by atoms with van der Waals surface area (Å²) in [5.74, 6) is 0.504. The molecule has 4 N–H and O–H groups in total. The van der Waals surface area contributed by atoms with Crippen LogP contribution in [0.1, 0.15) is 18.2 Å². The highest BCUT2D eigenvalue weighted by molar-refractivity contribution is 8.76. The fourth-order valence-electron chi connectivity index (χ4n) is 2.96. The minimum absolute atomic E-state index is 0.108. The summed E-state index contributed by atoms with van der Waals surface area (Å²) in [5.41, 5.74) is 7.95. The van der Waals surface area contributed by atoms with Gasteiger partial charge in [-0.3, -0.25) is 4.57 Å². The van der Waals surface area contributed by atoms with E-state index in [-0.39, 0.29) is 18.4 Å². The van der Waals surface area contributed by atoms with Crippen molar-refractivity contribution in [2.24, 2.45) is 0 Å². The molecule has 11 heteroatoms. The van der Waals surface area contributed by atoms with Crippen molar-refractivity contribution in [3.63, 3.8) is 0 Å². The van der Waals surface area contributed by atoms with E-state index in [1.54, 1.807) is 23.0 Å². The number of ether oxygens (including phenoxy) is 1. The minimum atomic E-state index is -0.758. The molecule has 1 aromatic carbocycles. The highest BCUT2D eigenvalue weighted by atomic mass is 33.1. The maximum Gasteiger partial charge on any atom is 0.223 e. The van der Waals surface area contributed by atoms with E-state index < -0.39 is 18.4 Å². The number of anilines is 1. The Hall–Kier alpha value is -1.92. The van der Waals surface area contributed by atoms with Crippen molar-refractivity contribution < 1.29 is 19.3 Å². The van der Waals surface area contributed by atoms with E-state index in [4.69, 9.17) is 10.5 Å². The predicted octanol–water partition coefficient (Wildman–Crippen LogP) is 2.13. The van der Waals surface area contributed by atoms with Crippen LogP contribution in [-0.2, 0) is 10.5 Å². The second kappa shape index (κ2) is 8.21. The van der Waals surface area contributed by atoms with E-state index in [1.165, 1.54) is 33.7 Å². The third-order valence-corrected chi connectivity index (χ3v) is 6.57. The summed E-state index contributed by atoms with van der Waals surface area (Å²) in [5, 5.41) is 19.9. The van der Waals surface area contributed by atoms with E-state index >= 15 is 0 Å². The van der Waals surface area contributed by atoms with Gasteiger partial charge in [0.2, 0.25) is 5.95 Å². The lowest BCUT2D eigenvalue weighted by molar-refractivity contribution is -0.0432. The van der Waals surface area contributed by atoms with Crippen LogP contribution in [0, 0.1) is 5.82 Å². The second-order valence-corrected chi connectivity index (χ2v) is 8.58. The summed E-state index contributed by atoms with van der Waals surface area (Å²) >= 11 is 0. The lowest BCUT2D eigenvalue weighted by atomic mass is 10.2. The summed E-state index contributed by atoms with van der Waals surface area (Å²) in [6.07, 6.45) is 0.0113. The largest absolute Gasteiger partial charge is 0.394 e. The molecule has 148 valence electrons. The van der Waals surface area contributed by atoms with Gasteiger partial charge in [-0.1, -0.05) is 22.9 Å². The Morgan fingerprint density at radius 1 is 1.29 bits per heavy atom. The number of rotatable bonds is 6. The number of hydrogen-bond acceptors (Lipinski definition) is 9. The number of nitrogen functional groups attached to an aromatic ring is 1. The smallest absolute Gasteiger partial charge is 0.223 e. The van der Waals surface area contributed by atoms with Crippen molar-refractivity contribution in [3.05, 3.63) is 42.0 Å². The van der Waals surface area contributed by atoms with Crippen LogP contribution in [0.3, 0.4) is 0 Å². The third-order valence-electron chi connectivity index (χ3n) is 4.38. The molecule has 0 saturated carbocycles. The molecule has 1 saturated heterocycles. The lowest BCUT2D eigenvalue weighted by Gasteiger charge is -2.13. The molecule has 3 aromatic rings. The van der Waals surface area contributed by atoms with Gasteiger partial charge in [-0.05, 0) is 28.5 Å². The molecule has 3 heterocycles. The first-order chi connectivity index (χ1) is 13.5. The molecule has 2 unspecified atom stereocenters. The molecule has 3 atom stereocenters. The van der Waals surface area contributed by atoms with E-state index in [0.29, 0.717) is 28.4 Å². The van der Waals surface area contributed by atoms with E-state index in [9.17, 15) is 14.6 Å². The molecule has 0 spiro atoms. The molecule has 8 nitrogen and oxygen atoms in total. The van der Waals surface area contributed by atoms with Crippen molar-refractivity contribution in [1.29, 1.82) is 0 Å². The first-order valence-corrected chi connectivity index (χ1v) is 10.9. The number of imidazole rings is 1. The van der Waals surface area contributed by atoms with Gasteiger partial charge in [0.15, 0.2) is 5.65 Å². The van der Waals surface area contributed by atoms with Gasteiger partial charge in [0.25, 0.3) is 0 Å². The van der Waals surface area contributed by atoms with E-state index in [2.05, 4.69) is 15.0 Å². The van der Waals surface area contributed by atoms with Crippen LogP contribution in [0.15, 0.2) is 35.6 Å². The number of aromatic nitrogens is 4. The molecule has 2 aromatic heterocycles. The van der Waals surface area contributed by atoms with Gasteiger partial charge in [-0.25, -0.2) is 14.4 Å². The fraction of sp³-hybridized carbons (Fsp3) is 0.353. The summed E-state index contributed by atoms with van der Waals surface area (Å²) in [6.45, 7) is -0.261. The molecule has 0 aliphatic carbocycles. The zero-order valence-electron chi connectivity index (χ0n) is 14.6. The average molecular weight is 423 g/mol. The SMILES string of the molecule is Nc1nc(SSCc2ccc(F)cc2)c2ncn(C3C[C@H](O)C(CO)O3)c2n1. The molecular formula is C17H18FN5O3S2. The number of halogens is 1. The van der Waals surface area contributed by atoms with Gasteiger partial charge >= 0.3 is 0 Å². The van der Waals surface area contributed by atoms with Gasteiger partial charge in [-0.15, -0.1) is 0 Å². The van der Waals surface area contributed by atoms with Crippen molar-refractivity contribution in [2.45, 2.75) is 35.6 Å². The van der Waals surface area contributed by atoms with Crippen LogP contribution < -0.4 is 5.73 Å². The first-order valence-electron chi connectivity index (χ1n) is 8.53. The first kappa shape index (κ1) is 19.4. The molecule has 1 fully saturated rings. The molecule has 4 rings (SSSR count). The number of nitrogens with two attached hydrogens (primary N) is 1. The Kier molecular flexibility index (Phi) is 5.69. The maximum atomic E-state index is 13.0. The van der Waals surface area contributed by atoms with Crippen LogP contribution in [-0.4, -0.2) is 48.5 Å². The highest BCUT2D eigenvalue weighted by Gasteiger charge is 2.35. The van der Waals surface area contributed by atoms with E-state index in [1.807, 2.05) is 0 Å². The summed E-state index contributed by atoms with van der Waals surface area (Å²) in [4.78, 5) is 12.9.